The van der Waals surface area contributed by atoms with E-state index in [2.05, 4.69) is 25.0 Å². The molecule has 108 valence electrons. The van der Waals surface area contributed by atoms with Crippen molar-refractivity contribution in [3.8, 4) is 5.75 Å². The maximum atomic E-state index is 6.00. The second-order valence-electron chi connectivity index (χ2n) is 4.78. The average molecular weight is 293 g/mol. The van der Waals surface area contributed by atoms with Crippen LogP contribution in [0.15, 0.2) is 24.3 Å². The van der Waals surface area contributed by atoms with Crippen LogP contribution in [0.5, 0.6) is 5.75 Å². The van der Waals surface area contributed by atoms with Crippen LogP contribution in [0.4, 0.5) is 0 Å². The molecule has 0 unspecified atom stereocenters. The third-order valence-electron chi connectivity index (χ3n) is 3.38. The van der Waals surface area contributed by atoms with E-state index < -0.39 is 0 Å². The summed E-state index contributed by atoms with van der Waals surface area (Å²) in [5.74, 6) is 1.36. The number of ether oxygens (including phenoxy) is 1. The van der Waals surface area contributed by atoms with Crippen molar-refractivity contribution < 1.29 is 4.74 Å². The topological polar surface area (TPSA) is 27.1 Å². The van der Waals surface area contributed by atoms with Gasteiger partial charge in [0.1, 0.15) is 12.4 Å². The lowest BCUT2D eigenvalue weighted by molar-refractivity contribution is 0.288. The molecular formula is C16H21ClN2O. The van der Waals surface area contributed by atoms with Crippen LogP contribution in [-0.4, -0.2) is 9.78 Å². The summed E-state index contributed by atoms with van der Waals surface area (Å²) in [5.41, 5.74) is 4.35. The molecule has 0 saturated carbocycles. The maximum Gasteiger partial charge on any atom is 0.130 e. The molecule has 0 saturated heterocycles. The Morgan fingerprint density at radius 3 is 2.75 bits per heavy atom. The average Bonchev–Trinajstić information content (AvgIpc) is 2.88. The Morgan fingerprint density at radius 2 is 2.10 bits per heavy atom. The van der Waals surface area contributed by atoms with E-state index in [0.717, 1.165) is 41.2 Å². The number of aromatic nitrogens is 2. The first kappa shape index (κ1) is 14.9. The summed E-state index contributed by atoms with van der Waals surface area (Å²) in [4.78, 5) is 0. The SMILES string of the molecule is CCc1cc(COc2c(C)cccc2CCl)n(CC)n1. The minimum absolute atomic E-state index is 0.463. The van der Waals surface area contributed by atoms with Crippen LogP contribution >= 0.6 is 11.6 Å². The monoisotopic (exact) mass is 292 g/mol. The second kappa shape index (κ2) is 6.80. The highest BCUT2D eigenvalue weighted by molar-refractivity contribution is 6.17. The number of rotatable bonds is 6. The van der Waals surface area contributed by atoms with Crippen LogP contribution in [0.2, 0.25) is 0 Å². The molecule has 0 aliphatic carbocycles. The Bertz CT molecular complexity index is 578. The zero-order chi connectivity index (χ0) is 14.5. The van der Waals surface area contributed by atoms with E-state index in [4.69, 9.17) is 16.3 Å². The summed E-state index contributed by atoms with van der Waals surface area (Å²) in [7, 11) is 0. The van der Waals surface area contributed by atoms with E-state index >= 15 is 0 Å². The molecule has 2 aromatic rings. The lowest BCUT2D eigenvalue weighted by Gasteiger charge is -2.13. The van der Waals surface area contributed by atoms with Gasteiger partial charge in [-0.3, -0.25) is 4.68 Å². The lowest BCUT2D eigenvalue weighted by atomic mass is 10.1. The number of aryl methyl sites for hydroxylation is 3. The molecule has 0 atom stereocenters. The fraction of sp³-hybridized carbons (Fsp3) is 0.438. The number of hydrogen-bond acceptors (Lipinski definition) is 2. The first-order valence-corrected chi connectivity index (χ1v) is 7.55. The largest absolute Gasteiger partial charge is 0.487 e. The second-order valence-corrected chi connectivity index (χ2v) is 5.05. The zero-order valence-electron chi connectivity index (χ0n) is 12.3. The van der Waals surface area contributed by atoms with Gasteiger partial charge in [-0.05, 0) is 31.9 Å². The van der Waals surface area contributed by atoms with Crippen LogP contribution < -0.4 is 4.74 Å². The van der Waals surface area contributed by atoms with Gasteiger partial charge >= 0.3 is 0 Å². The van der Waals surface area contributed by atoms with Gasteiger partial charge in [0, 0.05) is 12.1 Å². The van der Waals surface area contributed by atoms with Gasteiger partial charge in [0.05, 0.1) is 17.3 Å². The van der Waals surface area contributed by atoms with Crippen molar-refractivity contribution in [1.82, 2.24) is 9.78 Å². The lowest BCUT2D eigenvalue weighted by Crippen LogP contribution is -2.07. The van der Waals surface area contributed by atoms with E-state index in [1.165, 1.54) is 0 Å². The fourth-order valence-corrected chi connectivity index (χ4v) is 2.46. The van der Waals surface area contributed by atoms with Crippen LogP contribution in [-0.2, 0) is 25.5 Å². The molecule has 0 N–H and O–H groups in total. The van der Waals surface area contributed by atoms with Crippen molar-refractivity contribution in [2.24, 2.45) is 0 Å². The Labute approximate surface area is 125 Å². The third-order valence-corrected chi connectivity index (χ3v) is 3.67. The fourth-order valence-electron chi connectivity index (χ4n) is 2.25. The van der Waals surface area contributed by atoms with Crippen LogP contribution in [0.1, 0.15) is 36.4 Å². The molecule has 0 bridgehead atoms. The van der Waals surface area contributed by atoms with Gasteiger partial charge in [0.2, 0.25) is 0 Å². The molecular weight excluding hydrogens is 272 g/mol. The first-order valence-electron chi connectivity index (χ1n) is 7.02. The van der Waals surface area contributed by atoms with Crippen molar-refractivity contribution in [2.75, 3.05) is 0 Å². The smallest absolute Gasteiger partial charge is 0.130 e. The summed E-state index contributed by atoms with van der Waals surface area (Å²) < 4.78 is 8.00. The molecule has 0 spiro atoms. The molecule has 0 amide bonds. The van der Waals surface area contributed by atoms with Gasteiger partial charge in [0.25, 0.3) is 0 Å². The van der Waals surface area contributed by atoms with Gasteiger partial charge in [-0.15, -0.1) is 11.6 Å². The van der Waals surface area contributed by atoms with Crippen molar-refractivity contribution in [1.29, 1.82) is 0 Å². The quantitative estimate of drug-likeness (QED) is 0.750. The molecule has 3 nitrogen and oxygen atoms in total. The van der Waals surface area contributed by atoms with Crippen molar-refractivity contribution in [3.63, 3.8) is 0 Å². The summed E-state index contributed by atoms with van der Waals surface area (Å²) in [5, 5.41) is 4.54. The minimum Gasteiger partial charge on any atom is -0.487 e. The highest BCUT2D eigenvalue weighted by Crippen LogP contribution is 2.26. The molecule has 0 radical (unpaired) electrons. The molecule has 2 rings (SSSR count). The summed E-state index contributed by atoms with van der Waals surface area (Å²) in [6.07, 6.45) is 0.942. The Morgan fingerprint density at radius 1 is 1.30 bits per heavy atom. The van der Waals surface area contributed by atoms with Crippen molar-refractivity contribution in [2.45, 2.75) is 46.2 Å². The molecule has 0 aliphatic heterocycles. The molecule has 1 aromatic heterocycles. The summed E-state index contributed by atoms with van der Waals surface area (Å²) >= 11 is 5.97. The molecule has 0 aliphatic rings. The highest BCUT2D eigenvalue weighted by Gasteiger charge is 2.10. The number of benzene rings is 1. The number of nitrogens with zero attached hydrogens (tertiary/aromatic N) is 2. The predicted octanol–water partition coefficient (Wildman–Crippen LogP) is 4.09. The molecule has 4 heteroatoms. The zero-order valence-corrected chi connectivity index (χ0v) is 13.1. The van der Waals surface area contributed by atoms with Gasteiger partial charge in [0.15, 0.2) is 0 Å². The minimum atomic E-state index is 0.463. The van der Waals surface area contributed by atoms with Gasteiger partial charge in [-0.2, -0.15) is 5.10 Å². The normalized spacial score (nSPS) is 10.8. The standard InChI is InChI=1S/C16H21ClN2O/c1-4-14-9-15(19(5-2)18-14)11-20-16-12(3)7-6-8-13(16)10-17/h6-9H,4-5,10-11H2,1-3H3. The molecule has 1 aromatic carbocycles. The number of halogens is 1. The number of hydrogen-bond donors (Lipinski definition) is 0. The van der Waals surface area contributed by atoms with Crippen molar-refractivity contribution >= 4 is 11.6 Å². The highest BCUT2D eigenvalue weighted by atomic mass is 35.5. The van der Waals surface area contributed by atoms with Gasteiger partial charge in [-0.25, -0.2) is 0 Å². The van der Waals surface area contributed by atoms with E-state index in [1.807, 2.05) is 29.8 Å². The number of para-hydroxylation sites is 1. The van der Waals surface area contributed by atoms with E-state index in [9.17, 15) is 0 Å². The van der Waals surface area contributed by atoms with Crippen LogP contribution in [0.3, 0.4) is 0 Å². The molecule has 0 fully saturated rings. The van der Waals surface area contributed by atoms with Gasteiger partial charge < -0.3 is 4.74 Å². The maximum absolute atomic E-state index is 6.00. The van der Waals surface area contributed by atoms with Gasteiger partial charge in [-0.1, -0.05) is 25.1 Å². The summed E-state index contributed by atoms with van der Waals surface area (Å²) in [6, 6.07) is 8.16. The van der Waals surface area contributed by atoms with Crippen LogP contribution in [0, 0.1) is 6.92 Å². The Balaban J connectivity index is 2.18. The molecule has 1 heterocycles. The third kappa shape index (κ3) is 3.15. The van der Waals surface area contributed by atoms with Crippen molar-refractivity contribution in [3.05, 3.63) is 46.8 Å². The number of alkyl halides is 1. The van der Waals surface area contributed by atoms with E-state index in [0.29, 0.717) is 12.5 Å². The predicted molar refractivity (Wildman–Crippen MR) is 82.3 cm³/mol. The molecule has 20 heavy (non-hydrogen) atoms. The van der Waals surface area contributed by atoms with E-state index in [1.54, 1.807) is 0 Å². The van der Waals surface area contributed by atoms with E-state index in [-0.39, 0.29) is 0 Å². The Kier molecular flexibility index (Phi) is 5.07. The Hall–Kier alpha value is -1.48. The first-order chi connectivity index (χ1) is 9.69. The summed E-state index contributed by atoms with van der Waals surface area (Å²) in [6.45, 7) is 7.62. The van der Waals surface area contributed by atoms with Crippen LogP contribution in [0.25, 0.3) is 0 Å².